The van der Waals surface area contributed by atoms with Crippen molar-refractivity contribution in [3.05, 3.63) is 144 Å². The molecule has 42 heavy (non-hydrogen) atoms. The molecule has 7 aromatic rings. The molecule has 0 N–H and O–H groups in total. The van der Waals surface area contributed by atoms with E-state index in [9.17, 15) is 0 Å². The maximum Gasteiger partial charge on any atom is 0.0972 e. The predicted molar refractivity (Wildman–Crippen MR) is 176 cm³/mol. The molecule has 0 radical (unpaired) electrons. The zero-order valence-corrected chi connectivity index (χ0v) is 23.0. The molecule has 2 aliphatic carbocycles. The molecule has 2 aromatic heterocycles. The summed E-state index contributed by atoms with van der Waals surface area (Å²) in [6.45, 7) is 0. The SMILES string of the molecule is C1=Cc2ccc3ccc(-c4cccc(-c5ccc6ccc7ccc(-c8ccccc8)nc7c6n5)c4)c4c3c2C(=CC4)C1. The topological polar surface area (TPSA) is 25.8 Å². The average Bonchev–Trinajstić information content (AvgIpc) is 3.07. The molecule has 9 rings (SSSR count). The molecule has 0 saturated carbocycles. The lowest BCUT2D eigenvalue weighted by Crippen LogP contribution is -2.04. The highest BCUT2D eigenvalue weighted by atomic mass is 14.8. The number of fused-ring (bicyclic) bond motifs is 3. The Morgan fingerprint density at radius 1 is 0.524 bits per heavy atom. The lowest BCUT2D eigenvalue weighted by atomic mass is 9.79. The molecule has 0 atom stereocenters. The summed E-state index contributed by atoms with van der Waals surface area (Å²) in [5.41, 5.74) is 14.2. The van der Waals surface area contributed by atoms with E-state index in [0.717, 1.165) is 57.2 Å². The van der Waals surface area contributed by atoms with Gasteiger partial charge in [0, 0.05) is 21.9 Å². The molecule has 2 heteroatoms. The van der Waals surface area contributed by atoms with Gasteiger partial charge in [-0.3, -0.25) is 0 Å². The summed E-state index contributed by atoms with van der Waals surface area (Å²) in [6, 6.07) is 41.2. The highest BCUT2D eigenvalue weighted by Gasteiger charge is 2.22. The fraction of sp³-hybridized carbons (Fsp3) is 0.0500. The van der Waals surface area contributed by atoms with E-state index in [1.165, 1.54) is 44.2 Å². The summed E-state index contributed by atoms with van der Waals surface area (Å²) >= 11 is 0. The van der Waals surface area contributed by atoms with Crippen molar-refractivity contribution in [2.45, 2.75) is 12.8 Å². The Hall–Kier alpha value is -5.34. The maximum atomic E-state index is 5.22. The number of rotatable bonds is 3. The molecule has 0 unspecified atom stereocenters. The molecule has 0 saturated heterocycles. The standard InChI is InChI=1S/C40H26N2/c1-2-6-25(7-3-1)35-22-18-29-14-15-30-19-23-36(42-40(30)39(29)41-35)32-11-5-10-31(24-32)33-20-16-28-13-12-26-8-4-9-27-17-21-34(33)38(28)37(26)27/h1-8,10-20,22-24H,9,21H2. The van der Waals surface area contributed by atoms with Crippen LogP contribution < -0.4 is 0 Å². The van der Waals surface area contributed by atoms with Crippen LogP contribution in [-0.4, -0.2) is 9.97 Å². The minimum Gasteiger partial charge on any atom is -0.245 e. The summed E-state index contributed by atoms with van der Waals surface area (Å²) in [7, 11) is 0. The van der Waals surface area contributed by atoms with Crippen molar-refractivity contribution in [2.75, 3.05) is 0 Å². The van der Waals surface area contributed by atoms with Crippen molar-refractivity contribution in [3.63, 3.8) is 0 Å². The van der Waals surface area contributed by atoms with Gasteiger partial charge in [-0.25, -0.2) is 9.97 Å². The molecule has 196 valence electrons. The van der Waals surface area contributed by atoms with E-state index in [2.05, 4.69) is 127 Å². The minimum atomic E-state index is 0.936. The predicted octanol–water partition coefficient (Wildman–Crippen LogP) is 10.3. The van der Waals surface area contributed by atoms with Gasteiger partial charge in [0.25, 0.3) is 0 Å². The van der Waals surface area contributed by atoms with Gasteiger partial charge in [-0.1, -0.05) is 115 Å². The molecular weight excluding hydrogens is 508 g/mol. The third-order valence-corrected chi connectivity index (χ3v) is 8.89. The summed E-state index contributed by atoms with van der Waals surface area (Å²) in [5.74, 6) is 0. The quantitative estimate of drug-likeness (QED) is 0.211. The van der Waals surface area contributed by atoms with E-state index in [-0.39, 0.29) is 0 Å². The van der Waals surface area contributed by atoms with Crippen molar-refractivity contribution < 1.29 is 0 Å². The summed E-state index contributed by atoms with van der Waals surface area (Å²) < 4.78 is 0. The average molecular weight is 535 g/mol. The number of pyridine rings is 2. The van der Waals surface area contributed by atoms with Gasteiger partial charge in [-0.2, -0.15) is 0 Å². The first-order valence-corrected chi connectivity index (χ1v) is 14.6. The third-order valence-electron chi connectivity index (χ3n) is 8.89. The number of aromatic nitrogens is 2. The van der Waals surface area contributed by atoms with Crippen LogP contribution in [0.3, 0.4) is 0 Å². The molecule has 2 nitrogen and oxygen atoms in total. The van der Waals surface area contributed by atoms with Gasteiger partial charge in [-0.15, -0.1) is 0 Å². The van der Waals surface area contributed by atoms with Gasteiger partial charge in [0.1, 0.15) is 0 Å². The van der Waals surface area contributed by atoms with Crippen LogP contribution in [0.25, 0.3) is 77.9 Å². The van der Waals surface area contributed by atoms with Crippen LogP contribution in [0.1, 0.15) is 23.1 Å². The Morgan fingerprint density at radius 2 is 1.19 bits per heavy atom. The number of allylic oxidation sites excluding steroid dienone is 3. The van der Waals surface area contributed by atoms with Crippen LogP contribution in [0.15, 0.2) is 127 Å². The van der Waals surface area contributed by atoms with Crippen LogP contribution >= 0.6 is 0 Å². The van der Waals surface area contributed by atoms with Crippen LogP contribution in [-0.2, 0) is 6.42 Å². The molecule has 5 aromatic carbocycles. The van der Waals surface area contributed by atoms with Crippen molar-refractivity contribution >= 4 is 44.2 Å². The Morgan fingerprint density at radius 3 is 2.00 bits per heavy atom. The van der Waals surface area contributed by atoms with E-state index in [1.807, 2.05) is 6.07 Å². The highest BCUT2D eigenvalue weighted by molar-refractivity contribution is 6.06. The number of hydrogen-bond acceptors (Lipinski definition) is 2. The second kappa shape index (κ2) is 9.09. The fourth-order valence-electron chi connectivity index (χ4n) is 6.84. The van der Waals surface area contributed by atoms with E-state index < -0.39 is 0 Å². The van der Waals surface area contributed by atoms with Crippen molar-refractivity contribution in [1.29, 1.82) is 0 Å². The molecule has 2 aliphatic rings. The Labute approximate surface area is 244 Å². The molecule has 0 aliphatic heterocycles. The van der Waals surface area contributed by atoms with E-state index >= 15 is 0 Å². The molecule has 0 amide bonds. The van der Waals surface area contributed by atoms with Gasteiger partial charge in [0.05, 0.1) is 22.4 Å². The van der Waals surface area contributed by atoms with Crippen LogP contribution in [0.5, 0.6) is 0 Å². The summed E-state index contributed by atoms with van der Waals surface area (Å²) in [6.07, 6.45) is 8.99. The molecule has 0 bridgehead atoms. The fourth-order valence-corrected chi connectivity index (χ4v) is 6.84. The van der Waals surface area contributed by atoms with E-state index in [4.69, 9.17) is 9.97 Å². The monoisotopic (exact) mass is 534 g/mol. The normalized spacial score (nSPS) is 13.6. The molecule has 0 spiro atoms. The first-order chi connectivity index (χ1) is 20.8. The van der Waals surface area contributed by atoms with Gasteiger partial charge < -0.3 is 0 Å². The first kappa shape index (κ1) is 23.4. The highest BCUT2D eigenvalue weighted by Crippen LogP contribution is 2.43. The molecule has 2 heterocycles. The largest absolute Gasteiger partial charge is 0.245 e. The van der Waals surface area contributed by atoms with Crippen molar-refractivity contribution in [1.82, 2.24) is 9.97 Å². The van der Waals surface area contributed by atoms with Crippen LogP contribution in [0, 0.1) is 0 Å². The van der Waals surface area contributed by atoms with Gasteiger partial charge >= 0.3 is 0 Å². The van der Waals surface area contributed by atoms with Crippen LogP contribution in [0.4, 0.5) is 0 Å². The zero-order chi connectivity index (χ0) is 27.6. The van der Waals surface area contributed by atoms with Crippen molar-refractivity contribution in [3.8, 4) is 33.6 Å². The first-order valence-electron chi connectivity index (χ1n) is 14.6. The van der Waals surface area contributed by atoms with Crippen molar-refractivity contribution in [2.24, 2.45) is 0 Å². The smallest absolute Gasteiger partial charge is 0.0972 e. The maximum absolute atomic E-state index is 5.22. The van der Waals surface area contributed by atoms with Gasteiger partial charge in [-0.05, 0) is 75.2 Å². The van der Waals surface area contributed by atoms with Gasteiger partial charge in [0.2, 0.25) is 0 Å². The van der Waals surface area contributed by atoms with E-state index in [0.29, 0.717) is 0 Å². The Balaban J connectivity index is 1.19. The minimum absolute atomic E-state index is 0.936. The number of nitrogens with zero attached hydrogens (tertiary/aromatic N) is 2. The van der Waals surface area contributed by atoms with Crippen LogP contribution in [0.2, 0.25) is 0 Å². The lowest BCUT2D eigenvalue weighted by Gasteiger charge is -2.25. The summed E-state index contributed by atoms with van der Waals surface area (Å²) in [4.78, 5) is 10.3. The number of benzene rings is 5. The third kappa shape index (κ3) is 3.59. The Bertz CT molecular complexity index is 2290. The number of hydrogen-bond donors (Lipinski definition) is 0. The van der Waals surface area contributed by atoms with E-state index in [1.54, 1.807) is 0 Å². The summed E-state index contributed by atoms with van der Waals surface area (Å²) in [5, 5.41) is 4.95. The second-order valence-corrected chi connectivity index (χ2v) is 11.3. The zero-order valence-electron chi connectivity index (χ0n) is 23.0. The molecular formula is C40H26N2. The Kier molecular flexibility index (Phi) is 5.06. The second-order valence-electron chi connectivity index (χ2n) is 11.3. The van der Waals surface area contributed by atoms with Gasteiger partial charge in [0.15, 0.2) is 0 Å². The lowest BCUT2D eigenvalue weighted by molar-refractivity contribution is 1.23. The molecule has 0 fully saturated rings.